The van der Waals surface area contributed by atoms with Gasteiger partial charge in [0.05, 0.1) is 6.07 Å². The van der Waals surface area contributed by atoms with E-state index in [4.69, 9.17) is 28.5 Å². The molecule has 120 valence electrons. The van der Waals surface area contributed by atoms with Crippen LogP contribution >= 0.6 is 35.0 Å². The quantitative estimate of drug-likeness (QED) is 0.452. The molecule has 0 N–H and O–H groups in total. The molecule has 24 heavy (non-hydrogen) atoms. The van der Waals surface area contributed by atoms with Crippen LogP contribution in [0.1, 0.15) is 6.42 Å². The minimum atomic E-state index is 0.453. The summed E-state index contributed by atoms with van der Waals surface area (Å²) in [5, 5.41) is 19.4. The second-order valence-corrected chi connectivity index (χ2v) is 6.82. The highest BCUT2D eigenvalue weighted by molar-refractivity contribution is 7.99. The van der Waals surface area contributed by atoms with Crippen LogP contribution in [0.2, 0.25) is 10.0 Å². The molecule has 0 saturated heterocycles. The van der Waals surface area contributed by atoms with Gasteiger partial charge in [0.15, 0.2) is 11.0 Å². The summed E-state index contributed by atoms with van der Waals surface area (Å²) in [7, 11) is 0. The number of hydrogen-bond donors (Lipinski definition) is 0. The molecule has 7 heteroatoms. The Morgan fingerprint density at radius 2 is 1.58 bits per heavy atom. The molecular formula is C17H12Cl2N4S. The molecule has 0 aliphatic carbocycles. The fourth-order valence-electron chi connectivity index (χ4n) is 2.16. The molecule has 0 spiro atoms. The molecule has 0 aliphatic rings. The summed E-state index contributed by atoms with van der Waals surface area (Å²) in [6.07, 6.45) is 0.453. The summed E-state index contributed by atoms with van der Waals surface area (Å²) in [6.45, 7) is 0. The third kappa shape index (κ3) is 3.73. The molecule has 2 aromatic carbocycles. The Morgan fingerprint density at radius 3 is 2.21 bits per heavy atom. The summed E-state index contributed by atoms with van der Waals surface area (Å²) in [5.41, 5.74) is 1.82. The highest BCUT2D eigenvalue weighted by atomic mass is 35.5. The zero-order valence-electron chi connectivity index (χ0n) is 12.5. The molecular weight excluding hydrogens is 363 g/mol. The van der Waals surface area contributed by atoms with Crippen molar-refractivity contribution in [3.8, 4) is 23.1 Å². The van der Waals surface area contributed by atoms with Gasteiger partial charge in [0.2, 0.25) is 0 Å². The zero-order valence-corrected chi connectivity index (χ0v) is 14.8. The molecule has 3 aromatic rings. The topological polar surface area (TPSA) is 54.5 Å². The lowest BCUT2D eigenvalue weighted by Crippen LogP contribution is -1.99. The number of rotatable bonds is 5. The number of nitriles is 1. The van der Waals surface area contributed by atoms with Gasteiger partial charge in [0, 0.05) is 33.5 Å². The highest BCUT2D eigenvalue weighted by Crippen LogP contribution is 2.29. The molecule has 0 amide bonds. The van der Waals surface area contributed by atoms with Gasteiger partial charge in [-0.3, -0.25) is 4.57 Å². The van der Waals surface area contributed by atoms with Crippen LogP contribution in [0.15, 0.2) is 53.7 Å². The van der Waals surface area contributed by atoms with Gasteiger partial charge in [0.25, 0.3) is 0 Å². The van der Waals surface area contributed by atoms with Crippen molar-refractivity contribution in [2.75, 3.05) is 5.75 Å². The maximum atomic E-state index is 8.74. The number of hydrogen-bond acceptors (Lipinski definition) is 4. The third-order valence-electron chi connectivity index (χ3n) is 3.27. The van der Waals surface area contributed by atoms with Crippen molar-refractivity contribution < 1.29 is 0 Å². The molecule has 0 radical (unpaired) electrons. The summed E-state index contributed by atoms with van der Waals surface area (Å²) in [4.78, 5) is 0. The van der Waals surface area contributed by atoms with Gasteiger partial charge in [-0.05, 0) is 48.5 Å². The largest absolute Gasteiger partial charge is 0.270 e. The first-order valence-corrected chi connectivity index (χ1v) is 8.90. The van der Waals surface area contributed by atoms with Gasteiger partial charge in [-0.2, -0.15) is 5.26 Å². The minimum absolute atomic E-state index is 0.453. The molecule has 1 aromatic heterocycles. The Balaban J connectivity index is 2.07. The second-order valence-electron chi connectivity index (χ2n) is 4.88. The van der Waals surface area contributed by atoms with Gasteiger partial charge in [-0.15, -0.1) is 10.2 Å². The van der Waals surface area contributed by atoms with Crippen LogP contribution in [-0.4, -0.2) is 20.5 Å². The maximum Gasteiger partial charge on any atom is 0.196 e. The van der Waals surface area contributed by atoms with Crippen molar-refractivity contribution in [3.05, 3.63) is 58.6 Å². The summed E-state index contributed by atoms with van der Waals surface area (Å²) in [5.74, 6) is 1.37. The summed E-state index contributed by atoms with van der Waals surface area (Å²) >= 11 is 13.5. The highest BCUT2D eigenvalue weighted by Gasteiger charge is 2.16. The average molecular weight is 375 g/mol. The summed E-state index contributed by atoms with van der Waals surface area (Å²) in [6, 6.07) is 17.1. The monoisotopic (exact) mass is 374 g/mol. The molecule has 1 heterocycles. The predicted octanol–water partition coefficient (Wildman–Crippen LogP) is 5.25. The average Bonchev–Trinajstić information content (AvgIpc) is 3.00. The van der Waals surface area contributed by atoms with Crippen LogP contribution in [0.3, 0.4) is 0 Å². The first kappa shape index (κ1) is 16.8. The number of nitrogens with zero attached hydrogens (tertiary/aromatic N) is 4. The Kier molecular flexibility index (Phi) is 5.41. The third-order valence-corrected chi connectivity index (χ3v) is 4.70. The fourth-order valence-corrected chi connectivity index (χ4v) is 3.21. The number of halogens is 2. The van der Waals surface area contributed by atoms with Gasteiger partial charge in [-0.1, -0.05) is 35.0 Å². The van der Waals surface area contributed by atoms with E-state index in [2.05, 4.69) is 16.3 Å². The number of thioether (sulfide) groups is 1. The standard InChI is InChI=1S/C17H12Cl2N4S/c18-13-4-2-12(3-5-13)16-21-22-17(24-11-1-10-20)23(16)15-8-6-14(19)7-9-15/h2-9H,1,11H2. The van der Waals surface area contributed by atoms with Crippen LogP contribution in [0.5, 0.6) is 0 Å². The van der Waals surface area contributed by atoms with Crippen molar-refractivity contribution in [3.63, 3.8) is 0 Å². The van der Waals surface area contributed by atoms with Crippen LogP contribution < -0.4 is 0 Å². The number of benzene rings is 2. The van der Waals surface area contributed by atoms with E-state index in [-0.39, 0.29) is 0 Å². The Bertz CT molecular complexity index is 867. The normalized spacial score (nSPS) is 10.5. The molecule has 0 unspecified atom stereocenters. The van der Waals surface area contributed by atoms with Crippen molar-refractivity contribution in [2.45, 2.75) is 11.6 Å². The predicted molar refractivity (Wildman–Crippen MR) is 97.8 cm³/mol. The summed E-state index contributed by atoms with van der Waals surface area (Å²) < 4.78 is 1.96. The van der Waals surface area contributed by atoms with Gasteiger partial charge < -0.3 is 0 Å². The fraction of sp³-hybridized carbons (Fsp3) is 0.118. The second kappa shape index (κ2) is 7.71. The van der Waals surface area contributed by atoms with Gasteiger partial charge in [0.1, 0.15) is 0 Å². The number of aromatic nitrogens is 3. The van der Waals surface area contributed by atoms with Crippen molar-refractivity contribution in [1.29, 1.82) is 5.26 Å². The lowest BCUT2D eigenvalue weighted by atomic mass is 10.2. The van der Waals surface area contributed by atoms with Gasteiger partial charge in [-0.25, -0.2) is 0 Å². The Hall–Kier alpha value is -2.00. The zero-order chi connectivity index (χ0) is 16.9. The van der Waals surface area contributed by atoms with Crippen LogP contribution in [-0.2, 0) is 0 Å². The van der Waals surface area contributed by atoms with Crippen molar-refractivity contribution >= 4 is 35.0 Å². The molecule has 0 aliphatic heterocycles. The van der Waals surface area contributed by atoms with Crippen LogP contribution in [0.4, 0.5) is 0 Å². The first-order chi connectivity index (χ1) is 11.7. The van der Waals surface area contributed by atoms with E-state index in [9.17, 15) is 0 Å². The molecule has 3 rings (SSSR count). The molecule has 0 atom stereocenters. The van der Waals surface area contributed by atoms with E-state index in [0.717, 1.165) is 16.4 Å². The van der Waals surface area contributed by atoms with Crippen molar-refractivity contribution in [2.24, 2.45) is 0 Å². The molecule has 4 nitrogen and oxygen atoms in total. The van der Waals surface area contributed by atoms with E-state index in [1.165, 1.54) is 11.8 Å². The van der Waals surface area contributed by atoms with E-state index >= 15 is 0 Å². The van der Waals surface area contributed by atoms with E-state index in [1.807, 2.05) is 53.1 Å². The van der Waals surface area contributed by atoms with Crippen molar-refractivity contribution in [1.82, 2.24) is 14.8 Å². The SMILES string of the molecule is N#CCCSc1nnc(-c2ccc(Cl)cc2)n1-c1ccc(Cl)cc1. The maximum absolute atomic E-state index is 8.74. The molecule has 0 fully saturated rings. The molecule has 0 bridgehead atoms. The Morgan fingerprint density at radius 1 is 0.958 bits per heavy atom. The first-order valence-electron chi connectivity index (χ1n) is 7.16. The van der Waals surface area contributed by atoms with E-state index in [1.54, 1.807) is 0 Å². The molecule has 0 saturated carbocycles. The van der Waals surface area contributed by atoms with E-state index in [0.29, 0.717) is 28.0 Å². The minimum Gasteiger partial charge on any atom is -0.270 e. The lowest BCUT2D eigenvalue weighted by Gasteiger charge is -2.10. The smallest absolute Gasteiger partial charge is 0.196 e. The van der Waals surface area contributed by atoms with E-state index < -0.39 is 0 Å². The Labute approximate surface area is 154 Å². The van der Waals surface area contributed by atoms with Crippen LogP contribution in [0, 0.1) is 11.3 Å². The van der Waals surface area contributed by atoms with Gasteiger partial charge >= 0.3 is 0 Å². The lowest BCUT2D eigenvalue weighted by molar-refractivity contribution is 0.885. The van der Waals surface area contributed by atoms with Crippen LogP contribution in [0.25, 0.3) is 17.1 Å².